The minimum absolute atomic E-state index is 0.00869. The van der Waals surface area contributed by atoms with Crippen LogP contribution in [0.1, 0.15) is 164 Å². The van der Waals surface area contributed by atoms with Gasteiger partial charge in [0.1, 0.15) is 17.2 Å². The first kappa shape index (κ1) is 55.6. The molecule has 14 rings (SSSR count). The average Bonchev–Trinajstić information content (AvgIpc) is 1.66. The molecule has 10 aromatic carbocycles. The second kappa shape index (κ2) is 17.7. The molecular weight excluding hydrogens is 1030 g/mol. The van der Waals surface area contributed by atoms with E-state index in [4.69, 9.17) is 14.2 Å². The van der Waals surface area contributed by atoms with Gasteiger partial charge < -0.3 is 14.2 Å². The molecule has 3 nitrogen and oxygen atoms in total. The summed E-state index contributed by atoms with van der Waals surface area (Å²) in [5, 5.41) is 8.06. The molecule has 4 aliphatic rings. The molecule has 0 spiro atoms. The zero-order valence-corrected chi connectivity index (χ0v) is 54.8. The zero-order valence-electron chi connectivity index (χ0n) is 54.8. The second-order valence-corrected chi connectivity index (χ2v) is 32.0. The molecule has 0 bridgehead atoms. The maximum Gasteiger partial charge on any atom is 0.244 e. The first-order chi connectivity index (χ1) is 39.7. The average molecular weight is 1120 g/mol. The van der Waals surface area contributed by atoms with Crippen LogP contribution in [0.25, 0.3) is 99.1 Å². The SMILES string of the molecule is COc1ccc2c(c1)-c1cc(OC)cc3c1B2c1cc2c(-c4c(C(C)(C)C)cc(C(C)(C)C)cc4C(C)(C)C)cc4c5c(cc6c(-c7c(C(C)(C)C)cc(C(C)(C)C)cc7C(C)(C)C)cc-3c1c6c25)B1c2ccc(C)cc2-c2cc(OC)cc-4c21. The number of hydrogen-bond donors (Lipinski definition) is 0. The molecule has 0 saturated heterocycles. The quantitative estimate of drug-likeness (QED) is 0.127. The Morgan fingerprint density at radius 2 is 0.612 bits per heavy atom. The summed E-state index contributed by atoms with van der Waals surface area (Å²) in [5.41, 5.74) is 32.2. The molecule has 0 aliphatic carbocycles. The topological polar surface area (TPSA) is 27.7 Å². The Morgan fingerprint density at radius 1 is 0.282 bits per heavy atom. The Balaban J connectivity index is 1.30. The van der Waals surface area contributed by atoms with Crippen LogP contribution in [0.2, 0.25) is 0 Å². The second-order valence-electron chi connectivity index (χ2n) is 32.0. The maximum absolute atomic E-state index is 6.40. The Hall–Kier alpha value is -7.23. The van der Waals surface area contributed by atoms with Gasteiger partial charge in [0.15, 0.2) is 0 Å². The molecule has 0 radical (unpaired) electrons. The fourth-order valence-electron chi connectivity index (χ4n) is 15.9. The number of hydrogen-bond acceptors (Lipinski definition) is 3. The van der Waals surface area contributed by atoms with Crippen molar-refractivity contribution in [2.24, 2.45) is 0 Å². The Kier molecular flexibility index (Phi) is 11.6. The molecule has 0 unspecified atom stereocenters. The van der Waals surface area contributed by atoms with Crippen molar-refractivity contribution in [2.45, 2.75) is 164 Å². The van der Waals surface area contributed by atoms with E-state index in [-0.39, 0.29) is 45.9 Å². The van der Waals surface area contributed by atoms with E-state index in [9.17, 15) is 0 Å². The lowest BCUT2D eigenvalue weighted by Crippen LogP contribution is -2.53. The van der Waals surface area contributed by atoms with Crippen molar-refractivity contribution < 1.29 is 14.2 Å². The summed E-state index contributed by atoms with van der Waals surface area (Å²) in [6.07, 6.45) is 0. The third-order valence-electron chi connectivity index (χ3n) is 20.2. The highest BCUT2D eigenvalue weighted by molar-refractivity contribution is 7.03. The lowest BCUT2D eigenvalue weighted by atomic mass is 9.34. The van der Waals surface area contributed by atoms with E-state index in [0.29, 0.717) is 0 Å². The maximum atomic E-state index is 6.40. The van der Waals surface area contributed by atoms with Gasteiger partial charge in [-0.05, 0) is 220 Å². The van der Waals surface area contributed by atoms with Crippen LogP contribution in [-0.2, 0) is 32.5 Å². The van der Waals surface area contributed by atoms with Crippen LogP contribution in [0.4, 0.5) is 0 Å². The van der Waals surface area contributed by atoms with E-state index in [0.717, 1.165) is 17.2 Å². The minimum atomic E-state index is -0.207. The van der Waals surface area contributed by atoms with Crippen molar-refractivity contribution in [1.82, 2.24) is 0 Å². The minimum Gasteiger partial charge on any atom is -0.497 e. The van der Waals surface area contributed by atoms with Crippen molar-refractivity contribution in [3.8, 4) is 84.0 Å². The molecule has 0 N–H and O–H groups in total. The molecule has 0 saturated carbocycles. The van der Waals surface area contributed by atoms with Crippen LogP contribution in [-0.4, -0.2) is 34.8 Å². The highest BCUT2D eigenvalue weighted by atomic mass is 16.5. The van der Waals surface area contributed by atoms with Crippen molar-refractivity contribution in [1.29, 1.82) is 0 Å². The number of aryl methyl sites for hydroxylation is 1. The van der Waals surface area contributed by atoms with Gasteiger partial charge in [-0.25, -0.2) is 0 Å². The smallest absolute Gasteiger partial charge is 0.244 e. The number of methoxy groups -OCH3 is 3. The van der Waals surface area contributed by atoms with Crippen LogP contribution in [0.15, 0.2) is 109 Å². The molecule has 0 aromatic heterocycles. The van der Waals surface area contributed by atoms with Crippen molar-refractivity contribution in [3.63, 3.8) is 0 Å². The molecule has 0 fully saturated rings. The molecule has 428 valence electrons. The van der Waals surface area contributed by atoms with Crippen molar-refractivity contribution >= 4 is 78.5 Å². The van der Waals surface area contributed by atoms with Crippen LogP contribution in [0, 0.1) is 6.92 Å². The molecule has 10 aromatic rings. The van der Waals surface area contributed by atoms with Gasteiger partial charge in [-0.3, -0.25) is 0 Å². The van der Waals surface area contributed by atoms with Gasteiger partial charge in [0.2, 0.25) is 13.4 Å². The summed E-state index contributed by atoms with van der Waals surface area (Å²) >= 11 is 0. The monoisotopic (exact) mass is 1110 g/mol. The van der Waals surface area contributed by atoms with E-state index in [1.54, 1.807) is 7.11 Å². The summed E-state index contributed by atoms with van der Waals surface area (Å²) in [4.78, 5) is 0. The lowest BCUT2D eigenvalue weighted by Gasteiger charge is -2.37. The van der Waals surface area contributed by atoms with Crippen LogP contribution in [0.5, 0.6) is 17.2 Å². The van der Waals surface area contributed by atoms with Crippen LogP contribution < -0.4 is 47.0 Å². The summed E-state index contributed by atoms with van der Waals surface area (Å²) in [7, 11) is 5.46. The summed E-state index contributed by atoms with van der Waals surface area (Å²) in [6.45, 7) is 45.7. The van der Waals surface area contributed by atoms with Gasteiger partial charge in [0.25, 0.3) is 0 Å². The lowest BCUT2D eigenvalue weighted by molar-refractivity contribution is 0.414. The van der Waals surface area contributed by atoms with E-state index < -0.39 is 0 Å². The van der Waals surface area contributed by atoms with E-state index >= 15 is 0 Å². The van der Waals surface area contributed by atoms with Gasteiger partial charge in [-0.15, -0.1) is 0 Å². The number of benzene rings is 10. The number of fused-ring (bicyclic) bond motifs is 10. The summed E-state index contributed by atoms with van der Waals surface area (Å²) < 4.78 is 18.9. The number of ether oxygens (including phenoxy) is 3. The predicted octanol–water partition coefficient (Wildman–Crippen LogP) is 17.0. The molecule has 0 amide bonds. The normalized spacial score (nSPS) is 14.2. The third kappa shape index (κ3) is 7.92. The molecular formula is C80H84B2O3. The van der Waals surface area contributed by atoms with Crippen molar-refractivity contribution in [2.75, 3.05) is 21.3 Å². The van der Waals surface area contributed by atoms with E-state index in [1.165, 1.54) is 171 Å². The van der Waals surface area contributed by atoms with Gasteiger partial charge in [0.05, 0.1) is 21.3 Å². The molecule has 5 heteroatoms. The Labute approximate surface area is 507 Å². The fraction of sp³-hybridized carbons (Fsp3) is 0.350. The van der Waals surface area contributed by atoms with Gasteiger partial charge in [-0.2, -0.15) is 0 Å². The van der Waals surface area contributed by atoms with Gasteiger partial charge in [0, 0.05) is 0 Å². The van der Waals surface area contributed by atoms with Gasteiger partial charge in [-0.1, -0.05) is 224 Å². The van der Waals surface area contributed by atoms with Gasteiger partial charge >= 0.3 is 0 Å². The standard InChI is InChI=1S/C80H84B2O3/c1-41-23-25-63-47(27-41)55-33-45(84-21)35-57-51-37-49(67-59(77(8,9)10)28-42(75(2,3)4)29-60(67)78(11,12)13)54-40-66-70-52(58-36-46(85-22)34-56-48-32-44(83-20)24-26-64(48)82(66)74(56)58)38-50(53-39-65(81(63)73(55)57)69(51)71(54)72(53)70)68-61(79(14,15)16)30-43(76(5,6)7)31-62(68)80(17,18)19/h23-40H,1-22H3. The third-order valence-corrected chi connectivity index (χ3v) is 20.2. The van der Waals surface area contributed by atoms with E-state index in [1.807, 2.05) is 14.2 Å². The van der Waals surface area contributed by atoms with Crippen LogP contribution in [0.3, 0.4) is 0 Å². The van der Waals surface area contributed by atoms with Crippen LogP contribution >= 0.6 is 0 Å². The number of rotatable bonds is 5. The predicted molar refractivity (Wildman–Crippen MR) is 369 cm³/mol. The Morgan fingerprint density at radius 3 is 0.953 bits per heavy atom. The first-order valence-electron chi connectivity index (χ1n) is 31.2. The highest BCUT2D eigenvalue weighted by Crippen LogP contribution is 2.56. The molecule has 4 aliphatic heterocycles. The summed E-state index contributed by atoms with van der Waals surface area (Å²) in [5.74, 6) is 2.61. The largest absolute Gasteiger partial charge is 0.497 e. The summed E-state index contributed by atoms with van der Waals surface area (Å²) in [6, 6.07) is 44.4. The van der Waals surface area contributed by atoms with Crippen molar-refractivity contribution in [3.05, 3.63) is 148 Å². The zero-order chi connectivity index (χ0) is 60.6. The molecule has 0 atom stereocenters. The van der Waals surface area contributed by atoms with E-state index in [2.05, 4.69) is 241 Å². The highest BCUT2D eigenvalue weighted by Gasteiger charge is 2.47. The molecule has 4 heterocycles. The first-order valence-corrected chi connectivity index (χ1v) is 31.2. The molecule has 85 heavy (non-hydrogen) atoms. The fourth-order valence-corrected chi connectivity index (χ4v) is 15.9. The Bertz CT molecular complexity index is 4440.